The smallest absolute Gasteiger partial charge is 0.292 e. The van der Waals surface area contributed by atoms with E-state index in [-0.39, 0.29) is 23.1 Å². The molecule has 1 atom stereocenters. The maximum absolute atomic E-state index is 12.5. The number of amides is 2. The fourth-order valence-electron chi connectivity index (χ4n) is 3.78. The lowest BCUT2D eigenvalue weighted by atomic mass is 9.79. The molecule has 6 nitrogen and oxygen atoms in total. The molecule has 0 aromatic carbocycles. The lowest BCUT2D eigenvalue weighted by molar-refractivity contribution is -0.140. The van der Waals surface area contributed by atoms with Crippen molar-refractivity contribution in [1.29, 1.82) is 0 Å². The largest absolute Gasteiger partial charge is 0.351 e. The Balaban J connectivity index is 1.81. The van der Waals surface area contributed by atoms with Crippen LogP contribution in [0.15, 0.2) is 16.8 Å². The van der Waals surface area contributed by atoms with Gasteiger partial charge in [-0.1, -0.05) is 5.16 Å². The third-order valence-corrected chi connectivity index (χ3v) is 4.72. The summed E-state index contributed by atoms with van der Waals surface area (Å²) in [6.07, 6.45) is 6.53. The van der Waals surface area contributed by atoms with E-state index in [9.17, 15) is 9.59 Å². The van der Waals surface area contributed by atoms with E-state index in [2.05, 4.69) is 5.16 Å². The summed E-state index contributed by atoms with van der Waals surface area (Å²) in [5.74, 6) is 0.265. The van der Waals surface area contributed by atoms with Gasteiger partial charge in [0.15, 0.2) is 0 Å². The van der Waals surface area contributed by atoms with Crippen molar-refractivity contribution in [3.63, 3.8) is 0 Å². The van der Waals surface area contributed by atoms with E-state index in [0.717, 1.165) is 38.6 Å². The van der Waals surface area contributed by atoms with Gasteiger partial charge in [-0.05, 0) is 32.1 Å². The highest BCUT2D eigenvalue weighted by molar-refractivity contribution is 5.91. The molecule has 2 amide bonds. The van der Waals surface area contributed by atoms with Crippen molar-refractivity contribution in [3.05, 3.63) is 18.0 Å². The van der Waals surface area contributed by atoms with Crippen molar-refractivity contribution in [2.45, 2.75) is 44.6 Å². The van der Waals surface area contributed by atoms with Gasteiger partial charge in [-0.2, -0.15) is 0 Å². The molecule has 1 aromatic heterocycles. The summed E-state index contributed by atoms with van der Waals surface area (Å²) in [7, 11) is 0. The minimum Gasteiger partial charge on any atom is -0.351 e. The number of likely N-dealkylation sites (tertiary alicyclic amines) is 2. The topological polar surface area (TPSA) is 66.7 Å². The van der Waals surface area contributed by atoms with E-state index in [1.165, 1.54) is 6.20 Å². The van der Waals surface area contributed by atoms with Crippen molar-refractivity contribution < 1.29 is 14.1 Å². The molecule has 1 spiro atoms. The van der Waals surface area contributed by atoms with Crippen LogP contribution < -0.4 is 0 Å². The molecular formula is C15H21N3O3. The van der Waals surface area contributed by atoms with Crippen LogP contribution in [0.4, 0.5) is 0 Å². The summed E-state index contributed by atoms with van der Waals surface area (Å²) in [4.78, 5) is 28.2. The first kappa shape index (κ1) is 14.1. The maximum Gasteiger partial charge on any atom is 0.292 e. The molecule has 1 unspecified atom stereocenters. The van der Waals surface area contributed by atoms with Crippen LogP contribution in [0.1, 0.15) is 49.6 Å². The molecule has 2 aliphatic rings. The van der Waals surface area contributed by atoms with Crippen molar-refractivity contribution in [3.8, 4) is 0 Å². The normalized spacial score (nSPS) is 26.1. The Bertz CT molecular complexity index is 524. The number of nitrogens with zero attached hydrogens (tertiary/aromatic N) is 3. The van der Waals surface area contributed by atoms with Gasteiger partial charge < -0.3 is 14.3 Å². The molecule has 6 heteroatoms. The van der Waals surface area contributed by atoms with Crippen LogP contribution in [-0.2, 0) is 4.79 Å². The molecule has 0 saturated carbocycles. The molecule has 114 valence electrons. The Morgan fingerprint density at radius 2 is 2.05 bits per heavy atom. The van der Waals surface area contributed by atoms with Crippen LogP contribution in [0.25, 0.3) is 0 Å². The van der Waals surface area contributed by atoms with E-state index in [1.807, 2.05) is 9.80 Å². The van der Waals surface area contributed by atoms with Crippen LogP contribution >= 0.6 is 0 Å². The zero-order valence-electron chi connectivity index (χ0n) is 12.4. The number of carbonyl (C=O) groups is 2. The molecule has 1 aromatic rings. The molecule has 2 aliphatic heterocycles. The number of aromatic nitrogens is 1. The Kier molecular flexibility index (Phi) is 3.69. The van der Waals surface area contributed by atoms with Crippen LogP contribution in [0, 0.1) is 0 Å². The highest BCUT2D eigenvalue weighted by Gasteiger charge is 2.44. The SMILES string of the molecule is CC(=O)N1CCCCC12CCCN(C(=O)c1ccno1)C2. The van der Waals surface area contributed by atoms with Gasteiger partial charge in [0.2, 0.25) is 11.7 Å². The molecule has 3 heterocycles. The van der Waals surface area contributed by atoms with Crippen LogP contribution in [0.2, 0.25) is 0 Å². The van der Waals surface area contributed by atoms with Gasteiger partial charge in [-0.15, -0.1) is 0 Å². The summed E-state index contributed by atoms with van der Waals surface area (Å²) in [5.41, 5.74) is -0.183. The maximum atomic E-state index is 12.5. The zero-order chi connectivity index (χ0) is 14.9. The van der Waals surface area contributed by atoms with Crippen LogP contribution in [-0.4, -0.2) is 51.9 Å². The first-order valence-electron chi connectivity index (χ1n) is 7.61. The molecular weight excluding hydrogens is 270 g/mol. The molecule has 3 rings (SSSR count). The average Bonchev–Trinajstić information content (AvgIpc) is 3.01. The molecule has 2 fully saturated rings. The third-order valence-electron chi connectivity index (χ3n) is 4.72. The number of rotatable bonds is 1. The quantitative estimate of drug-likeness (QED) is 0.789. The summed E-state index contributed by atoms with van der Waals surface area (Å²) in [6.45, 7) is 3.75. The molecule has 0 radical (unpaired) electrons. The second-order valence-corrected chi connectivity index (χ2v) is 6.06. The van der Waals surface area contributed by atoms with E-state index in [1.54, 1.807) is 13.0 Å². The minimum absolute atomic E-state index is 0.115. The van der Waals surface area contributed by atoms with Gasteiger partial charge in [-0.3, -0.25) is 9.59 Å². The average molecular weight is 291 g/mol. The van der Waals surface area contributed by atoms with E-state index in [0.29, 0.717) is 13.1 Å². The Labute approximate surface area is 124 Å². The lowest BCUT2D eigenvalue weighted by Gasteiger charge is -2.51. The lowest BCUT2D eigenvalue weighted by Crippen LogP contribution is -2.62. The van der Waals surface area contributed by atoms with E-state index in [4.69, 9.17) is 4.52 Å². The van der Waals surface area contributed by atoms with Crippen LogP contribution in [0.3, 0.4) is 0 Å². The number of hydrogen-bond donors (Lipinski definition) is 0. The second-order valence-electron chi connectivity index (χ2n) is 6.06. The molecule has 21 heavy (non-hydrogen) atoms. The van der Waals surface area contributed by atoms with Crippen LogP contribution in [0.5, 0.6) is 0 Å². The number of carbonyl (C=O) groups excluding carboxylic acids is 2. The van der Waals surface area contributed by atoms with Gasteiger partial charge in [0.25, 0.3) is 5.91 Å². The summed E-state index contributed by atoms with van der Waals surface area (Å²) in [6, 6.07) is 1.59. The molecule has 0 N–H and O–H groups in total. The Morgan fingerprint density at radius 3 is 2.76 bits per heavy atom. The Hall–Kier alpha value is -1.85. The number of piperidine rings is 2. The standard InChI is InChI=1S/C15H21N3O3/c1-12(19)18-10-3-2-6-15(18)7-4-9-17(11-15)14(20)13-5-8-16-21-13/h5,8H,2-4,6-7,9-11H2,1H3. The predicted molar refractivity (Wildman–Crippen MR) is 75.6 cm³/mol. The fourth-order valence-corrected chi connectivity index (χ4v) is 3.78. The van der Waals surface area contributed by atoms with Crippen molar-refractivity contribution in [1.82, 2.24) is 15.0 Å². The van der Waals surface area contributed by atoms with Gasteiger partial charge in [0.05, 0.1) is 11.7 Å². The Morgan fingerprint density at radius 1 is 1.24 bits per heavy atom. The van der Waals surface area contributed by atoms with Crippen molar-refractivity contribution >= 4 is 11.8 Å². The summed E-state index contributed by atoms with van der Waals surface area (Å²) >= 11 is 0. The predicted octanol–water partition coefficient (Wildman–Crippen LogP) is 1.68. The van der Waals surface area contributed by atoms with Gasteiger partial charge in [0, 0.05) is 32.6 Å². The summed E-state index contributed by atoms with van der Waals surface area (Å²) in [5, 5.41) is 3.60. The summed E-state index contributed by atoms with van der Waals surface area (Å²) < 4.78 is 4.98. The highest BCUT2D eigenvalue weighted by atomic mass is 16.5. The first-order valence-corrected chi connectivity index (χ1v) is 7.61. The number of hydrogen-bond acceptors (Lipinski definition) is 4. The van der Waals surface area contributed by atoms with E-state index < -0.39 is 0 Å². The van der Waals surface area contributed by atoms with Gasteiger partial charge >= 0.3 is 0 Å². The molecule has 0 bridgehead atoms. The van der Waals surface area contributed by atoms with Gasteiger partial charge in [0.1, 0.15) is 0 Å². The van der Waals surface area contributed by atoms with Gasteiger partial charge in [-0.25, -0.2) is 0 Å². The van der Waals surface area contributed by atoms with E-state index >= 15 is 0 Å². The first-order chi connectivity index (χ1) is 10.1. The third kappa shape index (κ3) is 2.54. The second kappa shape index (κ2) is 5.50. The molecule has 2 saturated heterocycles. The molecule has 0 aliphatic carbocycles. The fraction of sp³-hybridized carbons (Fsp3) is 0.667. The van der Waals surface area contributed by atoms with Crippen molar-refractivity contribution in [2.75, 3.05) is 19.6 Å². The zero-order valence-corrected chi connectivity index (χ0v) is 12.4. The highest BCUT2D eigenvalue weighted by Crippen LogP contribution is 2.36. The van der Waals surface area contributed by atoms with Crippen molar-refractivity contribution in [2.24, 2.45) is 0 Å². The minimum atomic E-state index is -0.183. The monoisotopic (exact) mass is 291 g/mol.